The van der Waals surface area contributed by atoms with Crippen LogP contribution in [0.1, 0.15) is 108 Å². The molecule has 0 saturated carbocycles. The highest BCUT2D eigenvalue weighted by molar-refractivity contribution is 5.38. The molecule has 0 saturated heterocycles. The number of hydrogen-bond donors (Lipinski definition) is 0. The molecule has 184 valence electrons. The fourth-order valence-corrected chi connectivity index (χ4v) is 4.63. The minimum Gasteiger partial charge on any atom is -0.374 e. The highest BCUT2D eigenvalue weighted by Gasteiger charge is 2.24. The Labute approximate surface area is 204 Å². The van der Waals surface area contributed by atoms with Crippen LogP contribution in [0.2, 0.25) is 0 Å². The van der Waals surface area contributed by atoms with Gasteiger partial charge in [-0.2, -0.15) is 0 Å². The van der Waals surface area contributed by atoms with Gasteiger partial charge in [-0.25, -0.2) is 0 Å². The fourth-order valence-electron chi connectivity index (χ4n) is 4.63. The largest absolute Gasteiger partial charge is 0.374 e. The minimum atomic E-state index is 0.222. The Kier molecular flexibility index (Phi) is 10.6. The highest BCUT2D eigenvalue weighted by Crippen LogP contribution is 2.34. The van der Waals surface area contributed by atoms with Gasteiger partial charge in [0.25, 0.3) is 0 Å². The van der Waals surface area contributed by atoms with Crippen molar-refractivity contribution in [1.82, 2.24) is 0 Å². The minimum absolute atomic E-state index is 0.222. The van der Waals surface area contributed by atoms with Crippen molar-refractivity contribution < 1.29 is 9.47 Å². The maximum Gasteiger partial charge on any atom is 0.0718 e. The molecule has 2 nitrogen and oxygen atoms in total. The van der Waals surface area contributed by atoms with E-state index in [0.717, 1.165) is 19.3 Å². The van der Waals surface area contributed by atoms with Gasteiger partial charge in [-0.1, -0.05) is 91.8 Å². The Morgan fingerprint density at radius 3 is 1.48 bits per heavy atom. The third kappa shape index (κ3) is 7.17. The second-order valence-corrected chi connectivity index (χ2v) is 10.3. The summed E-state index contributed by atoms with van der Waals surface area (Å²) >= 11 is 0. The van der Waals surface area contributed by atoms with E-state index in [9.17, 15) is 0 Å². The zero-order chi connectivity index (χ0) is 24.5. The molecule has 0 aromatic heterocycles. The van der Waals surface area contributed by atoms with Crippen LogP contribution >= 0.6 is 0 Å². The monoisotopic (exact) mass is 452 g/mol. The van der Waals surface area contributed by atoms with E-state index in [-0.39, 0.29) is 10.8 Å². The SMILES string of the molecule is CCc1cc(COCCOCc2ccc(C(C)(CC)CC)c(CC)c2)ccc1C(C)(C)CC. The van der Waals surface area contributed by atoms with Gasteiger partial charge in [-0.05, 0) is 76.3 Å². The van der Waals surface area contributed by atoms with Crippen molar-refractivity contribution in [2.45, 2.75) is 112 Å². The molecule has 0 atom stereocenters. The smallest absolute Gasteiger partial charge is 0.0718 e. The Hall–Kier alpha value is -1.64. The van der Waals surface area contributed by atoms with Crippen LogP contribution in [-0.4, -0.2) is 13.2 Å². The summed E-state index contributed by atoms with van der Waals surface area (Å²) in [6.07, 6.45) is 5.61. The van der Waals surface area contributed by atoms with Gasteiger partial charge in [-0.15, -0.1) is 0 Å². The second-order valence-electron chi connectivity index (χ2n) is 10.3. The fraction of sp³-hybridized carbons (Fsp3) is 0.613. The third-order valence-electron chi connectivity index (χ3n) is 7.83. The molecule has 0 amide bonds. The lowest BCUT2D eigenvalue weighted by Gasteiger charge is -2.30. The van der Waals surface area contributed by atoms with E-state index in [1.807, 2.05) is 0 Å². The van der Waals surface area contributed by atoms with Crippen LogP contribution in [-0.2, 0) is 46.4 Å². The van der Waals surface area contributed by atoms with Gasteiger partial charge in [0.2, 0.25) is 0 Å². The summed E-state index contributed by atoms with van der Waals surface area (Å²) in [5, 5.41) is 0. The lowest BCUT2D eigenvalue weighted by molar-refractivity contribution is 0.0338. The van der Waals surface area contributed by atoms with Gasteiger partial charge in [0, 0.05) is 0 Å². The molecule has 0 bridgehead atoms. The summed E-state index contributed by atoms with van der Waals surface area (Å²) in [5.74, 6) is 0. The Morgan fingerprint density at radius 2 is 1.06 bits per heavy atom. The van der Waals surface area contributed by atoms with Crippen molar-refractivity contribution in [3.05, 3.63) is 69.8 Å². The molecular formula is C31H48O2. The highest BCUT2D eigenvalue weighted by atomic mass is 16.5. The zero-order valence-electron chi connectivity index (χ0n) is 22.6. The predicted molar refractivity (Wildman–Crippen MR) is 142 cm³/mol. The lowest BCUT2D eigenvalue weighted by Crippen LogP contribution is -2.21. The number of ether oxygens (including phenoxy) is 2. The zero-order valence-corrected chi connectivity index (χ0v) is 22.6. The Bertz CT molecular complexity index is 861. The van der Waals surface area contributed by atoms with Crippen LogP contribution in [0.5, 0.6) is 0 Å². The first-order valence-electron chi connectivity index (χ1n) is 13.1. The van der Waals surface area contributed by atoms with E-state index in [1.165, 1.54) is 46.2 Å². The van der Waals surface area contributed by atoms with Gasteiger partial charge >= 0.3 is 0 Å². The standard InChI is InChI=1S/C31H48O2/c1-9-26-20-24(14-16-28(26)30(6,7)11-3)22-32-18-19-33-23-25-15-17-29(27(10-2)21-25)31(8,12-4)13-5/h14-17,20-21H,9-13,18-19,22-23H2,1-8H3. The molecule has 0 aliphatic carbocycles. The van der Waals surface area contributed by atoms with Crippen molar-refractivity contribution in [2.24, 2.45) is 0 Å². The topological polar surface area (TPSA) is 18.5 Å². The van der Waals surface area contributed by atoms with Crippen molar-refractivity contribution in [3.8, 4) is 0 Å². The Morgan fingerprint density at radius 1 is 0.606 bits per heavy atom. The third-order valence-corrected chi connectivity index (χ3v) is 7.83. The van der Waals surface area contributed by atoms with Crippen LogP contribution in [0, 0.1) is 0 Å². The molecule has 33 heavy (non-hydrogen) atoms. The summed E-state index contributed by atoms with van der Waals surface area (Å²) in [7, 11) is 0. The van der Waals surface area contributed by atoms with E-state index in [0.29, 0.717) is 26.4 Å². The van der Waals surface area contributed by atoms with Gasteiger partial charge in [-0.3, -0.25) is 0 Å². The average Bonchev–Trinajstić information content (AvgIpc) is 2.85. The average molecular weight is 453 g/mol. The Balaban J connectivity index is 1.84. The second kappa shape index (κ2) is 12.7. The van der Waals surface area contributed by atoms with Crippen LogP contribution in [0.25, 0.3) is 0 Å². The first-order chi connectivity index (χ1) is 15.7. The summed E-state index contributed by atoms with van der Waals surface area (Å²) in [6.45, 7) is 20.9. The van der Waals surface area contributed by atoms with E-state index < -0.39 is 0 Å². The van der Waals surface area contributed by atoms with Crippen molar-refractivity contribution >= 4 is 0 Å². The van der Waals surface area contributed by atoms with Crippen LogP contribution in [0.3, 0.4) is 0 Å². The maximum atomic E-state index is 5.93. The number of rotatable bonds is 14. The number of benzene rings is 2. The maximum absolute atomic E-state index is 5.93. The summed E-state index contributed by atoms with van der Waals surface area (Å²) < 4.78 is 11.9. The van der Waals surface area contributed by atoms with Crippen LogP contribution in [0.15, 0.2) is 36.4 Å². The van der Waals surface area contributed by atoms with Crippen LogP contribution in [0.4, 0.5) is 0 Å². The van der Waals surface area contributed by atoms with E-state index >= 15 is 0 Å². The first-order valence-corrected chi connectivity index (χ1v) is 13.1. The lowest BCUT2D eigenvalue weighted by atomic mass is 9.75. The quantitative estimate of drug-likeness (QED) is 0.268. The van der Waals surface area contributed by atoms with E-state index in [2.05, 4.69) is 91.8 Å². The van der Waals surface area contributed by atoms with Crippen molar-refractivity contribution in [1.29, 1.82) is 0 Å². The van der Waals surface area contributed by atoms with Crippen LogP contribution < -0.4 is 0 Å². The molecule has 0 unspecified atom stereocenters. The van der Waals surface area contributed by atoms with Gasteiger partial charge in [0.05, 0.1) is 26.4 Å². The normalized spacial score (nSPS) is 12.4. The molecule has 0 spiro atoms. The molecular weight excluding hydrogens is 404 g/mol. The molecule has 0 aliphatic heterocycles. The molecule has 2 heteroatoms. The van der Waals surface area contributed by atoms with Gasteiger partial charge < -0.3 is 9.47 Å². The predicted octanol–water partition coefficient (Wildman–Crippen LogP) is 8.31. The van der Waals surface area contributed by atoms with E-state index in [1.54, 1.807) is 0 Å². The molecule has 2 aromatic carbocycles. The molecule has 0 fully saturated rings. The molecule has 2 rings (SSSR count). The summed E-state index contributed by atoms with van der Waals surface area (Å²) in [4.78, 5) is 0. The van der Waals surface area contributed by atoms with Crippen molar-refractivity contribution in [3.63, 3.8) is 0 Å². The molecule has 0 N–H and O–H groups in total. The van der Waals surface area contributed by atoms with Gasteiger partial charge in [0.15, 0.2) is 0 Å². The first kappa shape index (κ1) is 27.6. The van der Waals surface area contributed by atoms with Crippen molar-refractivity contribution in [2.75, 3.05) is 13.2 Å². The number of aryl methyl sites for hydroxylation is 2. The molecule has 2 aromatic rings. The summed E-state index contributed by atoms with van der Waals surface area (Å²) in [5.41, 5.74) is 8.86. The molecule has 0 radical (unpaired) electrons. The van der Waals surface area contributed by atoms with Gasteiger partial charge in [0.1, 0.15) is 0 Å². The number of hydrogen-bond acceptors (Lipinski definition) is 2. The molecule has 0 aliphatic rings. The van der Waals surface area contributed by atoms with E-state index in [4.69, 9.17) is 9.47 Å². The molecule has 0 heterocycles. The summed E-state index contributed by atoms with van der Waals surface area (Å²) in [6, 6.07) is 13.8.